The molecular formula is C27H35N3OS. The molecule has 0 spiro atoms. The zero-order valence-electron chi connectivity index (χ0n) is 18.8. The number of carbonyl (C=O) groups excluding carboxylic acids is 1. The molecule has 5 heteroatoms. The molecule has 1 saturated heterocycles. The second kappa shape index (κ2) is 13.9. The van der Waals surface area contributed by atoms with Crippen molar-refractivity contribution in [2.24, 2.45) is 5.73 Å². The Labute approximate surface area is 197 Å². The molecule has 1 heterocycles. The van der Waals surface area contributed by atoms with E-state index in [2.05, 4.69) is 77.7 Å². The van der Waals surface area contributed by atoms with Gasteiger partial charge in [0.2, 0.25) is 5.91 Å². The molecule has 0 aliphatic carbocycles. The predicted molar refractivity (Wildman–Crippen MR) is 138 cm³/mol. The number of hydrogen-bond donors (Lipinski definition) is 1. The molecule has 2 N–H and O–H groups in total. The summed E-state index contributed by atoms with van der Waals surface area (Å²) in [5, 5.41) is 0. The molecule has 1 fully saturated rings. The van der Waals surface area contributed by atoms with Crippen molar-refractivity contribution in [2.75, 3.05) is 37.8 Å². The van der Waals surface area contributed by atoms with Crippen molar-refractivity contribution in [1.82, 2.24) is 9.80 Å². The van der Waals surface area contributed by atoms with E-state index in [-0.39, 0.29) is 11.9 Å². The molecule has 1 aliphatic rings. The first kappa shape index (κ1) is 24.3. The molecule has 3 rings (SSSR count). The van der Waals surface area contributed by atoms with E-state index in [1.54, 1.807) is 11.8 Å². The van der Waals surface area contributed by atoms with Crippen LogP contribution in [-0.4, -0.2) is 59.6 Å². The molecule has 4 nitrogen and oxygen atoms in total. The van der Waals surface area contributed by atoms with E-state index >= 15 is 0 Å². The number of thioether (sulfide) groups is 1. The third-order valence-corrected chi connectivity index (χ3v) is 6.53. The van der Waals surface area contributed by atoms with E-state index in [1.807, 2.05) is 17.0 Å². The van der Waals surface area contributed by atoms with Crippen LogP contribution in [0.3, 0.4) is 0 Å². The highest BCUT2D eigenvalue weighted by Crippen LogP contribution is 2.15. The smallest absolute Gasteiger partial charge is 0.240 e. The fraction of sp³-hybridized carbons (Fsp3) is 0.370. The number of unbranched alkanes of at least 4 members (excludes halogenated alkanes) is 1. The van der Waals surface area contributed by atoms with Crippen LogP contribution in [0.5, 0.6) is 0 Å². The minimum absolute atomic E-state index is 0.114. The Balaban J connectivity index is 1.46. The van der Waals surface area contributed by atoms with Gasteiger partial charge in [-0.2, -0.15) is 0 Å². The molecule has 0 unspecified atom stereocenters. The highest BCUT2D eigenvalue weighted by atomic mass is 32.2. The number of carbonyl (C=O) groups is 1. The molecule has 2 aromatic carbocycles. The molecular weight excluding hydrogens is 414 g/mol. The molecule has 170 valence electrons. The van der Waals surface area contributed by atoms with Gasteiger partial charge in [0.15, 0.2) is 0 Å². The average Bonchev–Trinajstić information content (AvgIpc) is 3.37. The van der Waals surface area contributed by atoms with Gasteiger partial charge in [0, 0.05) is 25.4 Å². The Morgan fingerprint density at radius 2 is 1.56 bits per heavy atom. The Morgan fingerprint density at radius 3 is 2.09 bits per heavy atom. The summed E-state index contributed by atoms with van der Waals surface area (Å²) in [5.74, 6) is 1.94. The van der Waals surface area contributed by atoms with Gasteiger partial charge in [-0.05, 0) is 30.5 Å². The minimum Gasteiger partial charge on any atom is -0.331 e. The summed E-state index contributed by atoms with van der Waals surface area (Å²) in [4.78, 5) is 16.7. The Bertz CT molecular complexity index is 796. The van der Waals surface area contributed by atoms with Crippen molar-refractivity contribution in [3.8, 4) is 0 Å². The molecule has 1 amide bonds. The lowest BCUT2D eigenvalue weighted by Crippen LogP contribution is -2.42. The summed E-state index contributed by atoms with van der Waals surface area (Å²) < 4.78 is 0. The zero-order chi connectivity index (χ0) is 22.4. The monoisotopic (exact) mass is 449 g/mol. The van der Waals surface area contributed by atoms with Crippen LogP contribution in [0.4, 0.5) is 0 Å². The topological polar surface area (TPSA) is 49.6 Å². The van der Waals surface area contributed by atoms with Gasteiger partial charge in [0.1, 0.15) is 0 Å². The summed E-state index contributed by atoms with van der Waals surface area (Å²) in [5.41, 5.74) is 8.61. The Hall–Kier alpha value is -2.34. The molecule has 0 aromatic heterocycles. The van der Waals surface area contributed by atoms with E-state index < -0.39 is 0 Å². The molecule has 1 aliphatic heterocycles. The van der Waals surface area contributed by atoms with Crippen molar-refractivity contribution >= 4 is 29.8 Å². The number of benzene rings is 2. The van der Waals surface area contributed by atoms with Gasteiger partial charge < -0.3 is 10.6 Å². The highest BCUT2D eigenvalue weighted by molar-refractivity contribution is 7.99. The van der Waals surface area contributed by atoms with Gasteiger partial charge >= 0.3 is 0 Å². The predicted octanol–water partition coefficient (Wildman–Crippen LogP) is 4.75. The van der Waals surface area contributed by atoms with Crippen molar-refractivity contribution in [1.29, 1.82) is 0 Å². The number of nitrogens with two attached hydrogens (primary N) is 1. The largest absolute Gasteiger partial charge is 0.331 e. The SMILES string of the molecule is N[C@@H](CCCCN(CC=Cc1ccccc1)CC=Cc1ccccc1)C(=O)N1CCSC1. The zero-order valence-corrected chi connectivity index (χ0v) is 19.6. The summed E-state index contributed by atoms with van der Waals surface area (Å²) >= 11 is 1.80. The molecule has 1 atom stereocenters. The molecule has 2 aromatic rings. The van der Waals surface area contributed by atoms with Crippen molar-refractivity contribution in [3.05, 3.63) is 83.9 Å². The standard InChI is InChI=1S/C27H35N3OS/c28-26(27(31)30-21-22-32-23-30)17-7-8-18-29(19-9-15-24-11-3-1-4-12-24)20-10-16-25-13-5-2-6-14-25/h1-6,9-16,26H,7-8,17-23,28H2/t26-/m0/s1. The number of amides is 1. The van der Waals surface area contributed by atoms with Gasteiger partial charge in [0.25, 0.3) is 0 Å². The van der Waals surface area contributed by atoms with Crippen LogP contribution in [0.1, 0.15) is 30.4 Å². The van der Waals surface area contributed by atoms with Crippen LogP contribution < -0.4 is 5.73 Å². The fourth-order valence-electron chi connectivity index (χ4n) is 3.71. The lowest BCUT2D eigenvalue weighted by Gasteiger charge is -2.21. The summed E-state index contributed by atoms with van der Waals surface area (Å²) in [6.07, 6.45) is 11.6. The molecule has 0 radical (unpaired) electrons. The summed E-state index contributed by atoms with van der Waals surface area (Å²) in [7, 11) is 0. The molecule has 0 saturated carbocycles. The van der Waals surface area contributed by atoms with E-state index in [0.29, 0.717) is 0 Å². The maximum absolute atomic E-state index is 12.4. The maximum atomic E-state index is 12.4. The number of rotatable bonds is 12. The van der Waals surface area contributed by atoms with Crippen LogP contribution >= 0.6 is 11.8 Å². The summed E-state index contributed by atoms with van der Waals surface area (Å²) in [6.45, 7) is 3.61. The van der Waals surface area contributed by atoms with Gasteiger partial charge in [-0.1, -0.05) is 91.4 Å². The van der Waals surface area contributed by atoms with E-state index in [0.717, 1.165) is 57.1 Å². The van der Waals surface area contributed by atoms with Crippen molar-refractivity contribution in [3.63, 3.8) is 0 Å². The fourth-order valence-corrected chi connectivity index (χ4v) is 4.66. The molecule has 32 heavy (non-hydrogen) atoms. The normalized spacial score (nSPS) is 15.2. The number of hydrogen-bond acceptors (Lipinski definition) is 4. The third-order valence-electron chi connectivity index (χ3n) is 5.57. The lowest BCUT2D eigenvalue weighted by atomic mass is 10.1. The first-order valence-electron chi connectivity index (χ1n) is 11.5. The Kier molecular flexibility index (Phi) is 10.6. The van der Waals surface area contributed by atoms with Crippen LogP contribution in [-0.2, 0) is 4.79 Å². The quantitative estimate of drug-likeness (QED) is 0.475. The average molecular weight is 450 g/mol. The first-order chi connectivity index (χ1) is 15.7. The van der Waals surface area contributed by atoms with Crippen LogP contribution in [0.2, 0.25) is 0 Å². The van der Waals surface area contributed by atoms with Gasteiger partial charge in [-0.25, -0.2) is 0 Å². The highest BCUT2D eigenvalue weighted by Gasteiger charge is 2.23. The Morgan fingerprint density at radius 1 is 0.969 bits per heavy atom. The van der Waals surface area contributed by atoms with E-state index in [4.69, 9.17) is 5.73 Å². The van der Waals surface area contributed by atoms with Gasteiger partial charge in [0.05, 0.1) is 11.9 Å². The summed E-state index contributed by atoms with van der Waals surface area (Å²) in [6, 6.07) is 20.4. The molecule has 0 bridgehead atoms. The minimum atomic E-state index is -0.363. The lowest BCUT2D eigenvalue weighted by molar-refractivity contribution is -0.131. The van der Waals surface area contributed by atoms with Gasteiger partial charge in [-0.15, -0.1) is 11.8 Å². The van der Waals surface area contributed by atoms with E-state index in [1.165, 1.54) is 11.1 Å². The van der Waals surface area contributed by atoms with Crippen molar-refractivity contribution < 1.29 is 4.79 Å². The third kappa shape index (κ3) is 8.65. The first-order valence-corrected chi connectivity index (χ1v) is 12.7. The maximum Gasteiger partial charge on any atom is 0.240 e. The van der Waals surface area contributed by atoms with Gasteiger partial charge in [-0.3, -0.25) is 9.69 Å². The van der Waals surface area contributed by atoms with Crippen LogP contribution in [0, 0.1) is 0 Å². The van der Waals surface area contributed by atoms with E-state index in [9.17, 15) is 4.79 Å². The second-order valence-electron chi connectivity index (χ2n) is 8.13. The van der Waals surface area contributed by atoms with Crippen molar-refractivity contribution in [2.45, 2.75) is 25.3 Å². The van der Waals surface area contributed by atoms with Crippen LogP contribution in [0.15, 0.2) is 72.8 Å². The number of nitrogens with zero attached hydrogens (tertiary/aromatic N) is 2. The second-order valence-corrected chi connectivity index (χ2v) is 9.20. The van der Waals surface area contributed by atoms with Crippen LogP contribution in [0.25, 0.3) is 12.2 Å².